The monoisotopic (exact) mass is 618 g/mol. The Morgan fingerprint density at radius 1 is 0.927 bits per heavy atom. The predicted molar refractivity (Wildman–Crippen MR) is 165 cm³/mol. The number of halogens is 1. The largest absolute Gasteiger partial charge is 0.483 e. The average molecular weight is 620 g/mol. The van der Waals surface area contributed by atoms with Crippen molar-refractivity contribution >= 4 is 39.1 Å². The van der Waals surface area contributed by atoms with Crippen molar-refractivity contribution in [1.29, 1.82) is 0 Å². The highest BCUT2D eigenvalue weighted by Crippen LogP contribution is 2.55. The van der Waals surface area contributed by atoms with E-state index >= 15 is 0 Å². The molecule has 2 aromatic carbocycles. The second kappa shape index (κ2) is 11.2. The molecule has 5 rings (SSSR count). The topological polar surface area (TPSA) is 75.7 Å². The van der Waals surface area contributed by atoms with Gasteiger partial charge in [0.05, 0.1) is 0 Å². The molecular formula is C34H39BrN2O4. The second-order valence-electron chi connectivity index (χ2n) is 13.1. The Morgan fingerprint density at radius 2 is 1.51 bits per heavy atom. The van der Waals surface area contributed by atoms with Gasteiger partial charge >= 0.3 is 0 Å². The van der Waals surface area contributed by atoms with Crippen LogP contribution in [0.15, 0.2) is 75.5 Å². The van der Waals surface area contributed by atoms with Crippen LogP contribution in [-0.2, 0) is 14.4 Å². The van der Waals surface area contributed by atoms with Crippen LogP contribution in [-0.4, -0.2) is 35.5 Å². The van der Waals surface area contributed by atoms with Gasteiger partial charge in [-0.25, -0.2) is 0 Å². The molecule has 41 heavy (non-hydrogen) atoms. The van der Waals surface area contributed by atoms with E-state index in [1.807, 2.05) is 48.5 Å². The normalized spacial score (nSPS) is 20.1. The lowest BCUT2D eigenvalue weighted by Crippen LogP contribution is -2.44. The Balaban J connectivity index is 1.62. The van der Waals surface area contributed by atoms with Gasteiger partial charge in [-0.05, 0) is 60.4 Å². The zero-order valence-corrected chi connectivity index (χ0v) is 26.2. The molecule has 0 spiro atoms. The molecule has 0 saturated heterocycles. The fourth-order valence-electron chi connectivity index (χ4n) is 6.59. The highest BCUT2D eigenvalue weighted by atomic mass is 79.9. The minimum atomic E-state index is -0.537. The Labute approximate surface area is 251 Å². The van der Waals surface area contributed by atoms with Gasteiger partial charge in [0.1, 0.15) is 5.75 Å². The maximum atomic E-state index is 14.0. The van der Waals surface area contributed by atoms with Crippen LogP contribution < -0.4 is 10.1 Å². The highest BCUT2D eigenvalue weighted by molar-refractivity contribution is 9.10. The van der Waals surface area contributed by atoms with Gasteiger partial charge in [-0.15, -0.1) is 0 Å². The number of anilines is 1. The summed E-state index contributed by atoms with van der Waals surface area (Å²) in [6.07, 6.45) is 3.28. The summed E-state index contributed by atoms with van der Waals surface area (Å²) in [6.45, 7) is 11.3. The summed E-state index contributed by atoms with van der Waals surface area (Å²) in [6, 6.07) is 14.9. The molecule has 2 aliphatic carbocycles. The molecule has 1 heterocycles. The van der Waals surface area contributed by atoms with Crippen LogP contribution in [0.4, 0.5) is 5.69 Å². The van der Waals surface area contributed by atoms with Crippen LogP contribution >= 0.6 is 15.9 Å². The molecule has 1 aliphatic heterocycles. The standard InChI is InChI=1S/C34H39BrN2O4/c1-6-14-37-24-16-33(2,3)18-26(38)31(24)30(32-25(37)17-34(4,5)19-27(32)39)23-15-21(35)12-13-28(23)41-20-29(40)36-22-10-8-7-9-11-22/h7-13,15,30H,6,14,16-20H2,1-5H3,(H,36,40). The molecule has 3 aliphatic rings. The number of para-hydroxylation sites is 1. The van der Waals surface area contributed by atoms with E-state index < -0.39 is 5.92 Å². The van der Waals surface area contributed by atoms with E-state index in [-0.39, 0.29) is 34.9 Å². The first kappa shape index (κ1) is 29.3. The van der Waals surface area contributed by atoms with Crippen molar-refractivity contribution in [3.63, 3.8) is 0 Å². The second-order valence-corrected chi connectivity index (χ2v) is 14.0. The van der Waals surface area contributed by atoms with Crippen LogP contribution in [0.3, 0.4) is 0 Å². The number of Topliss-reactive ketones (excluding diaryl/α,β-unsaturated/α-hetero) is 2. The number of allylic oxidation sites excluding steroid dienone is 4. The third-order valence-corrected chi connectivity index (χ3v) is 8.66. The summed E-state index contributed by atoms with van der Waals surface area (Å²) in [5.41, 5.74) is 4.57. The van der Waals surface area contributed by atoms with Gasteiger partial charge in [0.25, 0.3) is 5.91 Å². The molecule has 0 saturated carbocycles. The molecular weight excluding hydrogens is 580 g/mol. The van der Waals surface area contributed by atoms with E-state index in [0.29, 0.717) is 35.4 Å². The van der Waals surface area contributed by atoms with Gasteiger partial charge in [0.15, 0.2) is 18.2 Å². The molecule has 2 aromatic rings. The van der Waals surface area contributed by atoms with Gasteiger partial charge < -0.3 is 15.0 Å². The predicted octanol–water partition coefficient (Wildman–Crippen LogP) is 7.56. The maximum absolute atomic E-state index is 14.0. The molecule has 216 valence electrons. The lowest BCUT2D eigenvalue weighted by Gasteiger charge is -2.49. The van der Waals surface area contributed by atoms with Gasteiger partial charge in [-0.3, -0.25) is 14.4 Å². The summed E-state index contributed by atoms with van der Waals surface area (Å²) < 4.78 is 6.97. The minimum absolute atomic E-state index is 0.0827. The first-order chi connectivity index (χ1) is 19.4. The molecule has 0 radical (unpaired) electrons. The summed E-state index contributed by atoms with van der Waals surface area (Å²) in [5, 5.41) is 2.86. The SMILES string of the molecule is CCCN1C2=C(C(=O)CC(C)(C)C2)C(c2cc(Br)ccc2OCC(=O)Nc2ccccc2)C2=C1CC(C)(C)CC2=O. The van der Waals surface area contributed by atoms with Crippen molar-refractivity contribution < 1.29 is 19.1 Å². The summed E-state index contributed by atoms with van der Waals surface area (Å²) >= 11 is 3.62. The lowest BCUT2D eigenvalue weighted by atomic mass is 9.63. The number of rotatable bonds is 7. The van der Waals surface area contributed by atoms with E-state index in [1.54, 1.807) is 0 Å². The average Bonchev–Trinajstić information content (AvgIpc) is 2.88. The molecule has 6 nitrogen and oxygen atoms in total. The molecule has 0 atom stereocenters. The number of nitrogens with one attached hydrogen (secondary N) is 1. The summed E-state index contributed by atoms with van der Waals surface area (Å²) in [4.78, 5) is 43.1. The van der Waals surface area contributed by atoms with E-state index in [1.165, 1.54) is 0 Å². The number of amides is 1. The fourth-order valence-corrected chi connectivity index (χ4v) is 6.97. The number of ether oxygens (including phenoxy) is 1. The van der Waals surface area contributed by atoms with Crippen LogP contribution in [0.25, 0.3) is 0 Å². The first-order valence-electron chi connectivity index (χ1n) is 14.5. The van der Waals surface area contributed by atoms with E-state index in [4.69, 9.17) is 4.74 Å². The quantitative estimate of drug-likeness (QED) is 0.346. The van der Waals surface area contributed by atoms with Crippen LogP contribution in [0, 0.1) is 10.8 Å². The van der Waals surface area contributed by atoms with Crippen LogP contribution in [0.2, 0.25) is 0 Å². The van der Waals surface area contributed by atoms with Crippen molar-refractivity contribution in [3.05, 3.63) is 81.1 Å². The maximum Gasteiger partial charge on any atom is 0.262 e. The smallest absolute Gasteiger partial charge is 0.262 e. The van der Waals surface area contributed by atoms with Crippen molar-refractivity contribution in [2.24, 2.45) is 10.8 Å². The highest BCUT2D eigenvalue weighted by Gasteiger charge is 2.49. The molecule has 1 N–H and O–H groups in total. The van der Waals surface area contributed by atoms with Gasteiger partial charge in [0.2, 0.25) is 0 Å². The zero-order chi connectivity index (χ0) is 29.5. The number of nitrogens with zero attached hydrogens (tertiary/aromatic N) is 1. The molecule has 0 fully saturated rings. The van der Waals surface area contributed by atoms with Crippen molar-refractivity contribution in [3.8, 4) is 5.75 Å². The van der Waals surface area contributed by atoms with Crippen molar-refractivity contribution in [2.45, 2.75) is 72.6 Å². The number of ketones is 2. The van der Waals surface area contributed by atoms with E-state index in [0.717, 1.165) is 47.2 Å². The third kappa shape index (κ3) is 6.06. The number of benzene rings is 2. The lowest BCUT2D eigenvalue weighted by molar-refractivity contribution is -0.120. The van der Waals surface area contributed by atoms with Gasteiger partial charge in [-0.1, -0.05) is 68.7 Å². The first-order valence-corrected chi connectivity index (χ1v) is 15.3. The summed E-state index contributed by atoms with van der Waals surface area (Å²) in [7, 11) is 0. The van der Waals surface area contributed by atoms with Crippen LogP contribution in [0.1, 0.15) is 78.2 Å². The van der Waals surface area contributed by atoms with Crippen molar-refractivity contribution in [2.75, 3.05) is 18.5 Å². The van der Waals surface area contributed by atoms with Gasteiger partial charge in [-0.2, -0.15) is 0 Å². The molecule has 0 bridgehead atoms. The third-order valence-electron chi connectivity index (χ3n) is 8.17. The van der Waals surface area contributed by atoms with Crippen LogP contribution in [0.5, 0.6) is 5.75 Å². The molecule has 0 aromatic heterocycles. The van der Waals surface area contributed by atoms with E-state index in [9.17, 15) is 14.4 Å². The molecule has 1 amide bonds. The number of hydrogen-bond acceptors (Lipinski definition) is 5. The Morgan fingerprint density at radius 3 is 2.07 bits per heavy atom. The number of hydrogen-bond donors (Lipinski definition) is 1. The number of carbonyl (C=O) groups is 3. The number of carbonyl (C=O) groups excluding carboxylic acids is 3. The Hall–Kier alpha value is -3.19. The van der Waals surface area contributed by atoms with Crippen molar-refractivity contribution in [1.82, 2.24) is 4.90 Å². The molecule has 0 unspecified atom stereocenters. The minimum Gasteiger partial charge on any atom is -0.483 e. The zero-order valence-electron chi connectivity index (χ0n) is 24.6. The Bertz CT molecular complexity index is 1400. The summed E-state index contributed by atoms with van der Waals surface area (Å²) in [5.74, 6) is -0.156. The Kier molecular flexibility index (Phi) is 8.03. The molecule has 7 heteroatoms. The van der Waals surface area contributed by atoms with E-state index in [2.05, 4.69) is 60.8 Å². The fraction of sp³-hybridized carbons (Fsp3) is 0.441. The van der Waals surface area contributed by atoms with Gasteiger partial charge in [0, 0.05) is 63.6 Å².